The van der Waals surface area contributed by atoms with E-state index in [1.165, 1.54) is 31.3 Å². The van der Waals surface area contributed by atoms with Crippen molar-refractivity contribution in [2.75, 3.05) is 44.6 Å². The zero-order valence-corrected chi connectivity index (χ0v) is 22.2. The minimum absolute atomic E-state index is 0.179. The Bertz CT molecular complexity index is 1500. The second-order valence-electron chi connectivity index (χ2n) is 10.5. The van der Waals surface area contributed by atoms with Gasteiger partial charge in [-0.1, -0.05) is 18.9 Å². The van der Waals surface area contributed by atoms with Crippen LogP contribution in [0, 0.1) is 0 Å². The van der Waals surface area contributed by atoms with Crippen LogP contribution >= 0.6 is 11.3 Å². The molecule has 9 nitrogen and oxygen atoms in total. The predicted octanol–water partition coefficient (Wildman–Crippen LogP) is 5.08. The molecule has 1 aliphatic carbocycles. The summed E-state index contributed by atoms with van der Waals surface area (Å²) in [5, 5.41) is 4.40. The van der Waals surface area contributed by atoms with Crippen molar-refractivity contribution >= 4 is 55.7 Å². The van der Waals surface area contributed by atoms with Crippen molar-refractivity contribution in [1.29, 1.82) is 0 Å². The molecule has 7 rings (SSSR count). The molecule has 38 heavy (non-hydrogen) atoms. The lowest BCUT2D eigenvalue weighted by atomic mass is 10.0. The molecule has 4 aromatic rings. The summed E-state index contributed by atoms with van der Waals surface area (Å²) in [6.07, 6.45) is 9.95. The molecule has 196 valence electrons. The number of nitrogens with one attached hydrogen (secondary N) is 2. The fraction of sp³-hybridized carbons (Fsp3) is 0.429. The fourth-order valence-corrected chi connectivity index (χ4v) is 6.83. The quantitative estimate of drug-likeness (QED) is 0.384. The smallest absolute Gasteiger partial charge is 0.320 e. The van der Waals surface area contributed by atoms with Crippen molar-refractivity contribution in [3.05, 3.63) is 47.9 Å². The lowest BCUT2D eigenvalue weighted by Crippen LogP contribution is -2.55. The van der Waals surface area contributed by atoms with Gasteiger partial charge in [-0.15, -0.1) is 11.3 Å². The summed E-state index contributed by atoms with van der Waals surface area (Å²) in [6, 6.07) is 9.18. The summed E-state index contributed by atoms with van der Waals surface area (Å²) < 4.78 is 1.14. The highest BCUT2D eigenvalue weighted by Gasteiger charge is 2.30. The number of hydrogen-bond donors (Lipinski definition) is 2. The van der Waals surface area contributed by atoms with E-state index in [2.05, 4.69) is 48.4 Å². The van der Waals surface area contributed by atoms with Crippen LogP contribution in [-0.2, 0) is 0 Å². The molecule has 10 heteroatoms. The molecular weight excluding hydrogens is 496 g/mol. The number of nitrogens with zero attached hydrogens (tertiary/aromatic N) is 6. The lowest BCUT2D eigenvalue weighted by molar-refractivity contribution is 0.0936. The molecule has 1 aromatic carbocycles. The molecule has 2 fully saturated rings. The Morgan fingerprint density at radius 2 is 1.87 bits per heavy atom. The van der Waals surface area contributed by atoms with Gasteiger partial charge < -0.3 is 20.1 Å². The predicted molar refractivity (Wildman–Crippen MR) is 152 cm³/mol. The molecule has 3 aromatic heterocycles. The second-order valence-corrected chi connectivity index (χ2v) is 11.4. The number of benzene rings is 1. The van der Waals surface area contributed by atoms with Crippen molar-refractivity contribution in [3.8, 4) is 0 Å². The minimum Gasteiger partial charge on any atom is -0.340 e. The van der Waals surface area contributed by atoms with Gasteiger partial charge in [0.05, 0.1) is 21.1 Å². The molecule has 5 heterocycles. The summed E-state index contributed by atoms with van der Waals surface area (Å²) in [6.45, 7) is 5.07. The highest BCUT2D eigenvalue weighted by Crippen LogP contribution is 2.31. The van der Waals surface area contributed by atoms with Crippen LogP contribution in [0.4, 0.5) is 16.3 Å². The SMILES string of the molecule is O=C(N1CC=C(c2cc3c(Nc4ccc5ncsc5c4)ncnc3[nH]2)CC1)N1CCN(C2CCCC2)CC1. The van der Waals surface area contributed by atoms with Gasteiger partial charge in [0.25, 0.3) is 0 Å². The Labute approximate surface area is 225 Å². The van der Waals surface area contributed by atoms with Crippen LogP contribution in [0.5, 0.6) is 0 Å². The number of urea groups is 1. The van der Waals surface area contributed by atoms with Gasteiger partial charge in [-0.25, -0.2) is 19.7 Å². The Balaban J connectivity index is 1.02. The van der Waals surface area contributed by atoms with Gasteiger partial charge >= 0.3 is 6.03 Å². The molecule has 1 saturated heterocycles. The van der Waals surface area contributed by atoms with E-state index >= 15 is 0 Å². The zero-order chi connectivity index (χ0) is 25.5. The van der Waals surface area contributed by atoms with E-state index in [-0.39, 0.29) is 6.03 Å². The lowest BCUT2D eigenvalue weighted by Gasteiger charge is -2.40. The molecule has 0 radical (unpaired) electrons. The summed E-state index contributed by atoms with van der Waals surface area (Å²) in [7, 11) is 0. The van der Waals surface area contributed by atoms with Crippen LogP contribution in [0.3, 0.4) is 0 Å². The zero-order valence-electron chi connectivity index (χ0n) is 21.4. The summed E-state index contributed by atoms with van der Waals surface area (Å²) in [5.41, 5.74) is 6.89. The number of anilines is 2. The highest BCUT2D eigenvalue weighted by molar-refractivity contribution is 7.16. The molecular formula is C28H32N8OS. The molecule has 2 N–H and O–H groups in total. The number of hydrogen-bond acceptors (Lipinski definition) is 7. The van der Waals surface area contributed by atoms with Crippen LogP contribution < -0.4 is 5.32 Å². The Kier molecular flexibility index (Phi) is 6.21. The Morgan fingerprint density at radius 1 is 1.00 bits per heavy atom. The van der Waals surface area contributed by atoms with Gasteiger partial charge in [-0.3, -0.25) is 4.90 Å². The Hall–Kier alpha value is -3.50. The summed E-state index contributed by atoms with van der Waals surface area (Å²) in [5.74, 6) is 0.770. The van der Waals surface area contributed by atoms with Crippen molar-refractivity contribution in [3.63, 3.8) is 0 Å². The average molecular weight is 529 g/mol. The maximum atomic E-state index is 13.2. The van der Waals surface area contributed by atoms with E-state index < -0.39 is 0 Å². The summed E-state index contributed by atoms with van der Waals surface area (Å²) >= 11 is 1.62. The number of H-pyrrole nitrogens is 1. The van der Waals surface area contributed by atoms with E-state index in [0.717, 1.165) is 83.6 Å². The number of fused-ring (bicyclic) bond motifs is 2. The fourth-order valence-electron chi connectivity index (χ4n) is 6.12. The molecule has 0 atom stereocenters. The molecule has 0 unspecified atom stereocenters. The van der Waals surface area contributed by atoms with E-state index in [1.54, 1.807) is 17.7 Å². The van der Waals surface area contributed by atoms with Gasteiger partial charge in [0.15, 0.2) is 0 Å². The van der Waals surface area contributed by atoms with Gasteiger partial charge in [0.1, 0.15) is 17.8 Å². The largest absolute Gasteiger partial charge is 0.340 e. The molecule has 1 saturated carbocycles. The highest BCUT2D eigenvalue weighted by atomic mass is 32.1. The number of carbonyl (C=O) groups is 1. The number of rotatable bonds is 4. The van der Waals surface area contributed by atoms with Gasteiger partial charge in [-0.2, -0.15) is 0 Å². The maximum Gasteiger partial charge on any atom is 0.320 e. The number of aromatic nitrogens is 4. The number of aromatic amines is 1. The van der Waals surface area contributed by atoms with Crippen LogP contribution in [-0.4, -0.2) is 86.0 Å². The van der Waals surface area contributed by atoms with Crippen LogP contribution in [0.15, 0.2) is 42.2 Å². The van der Waals surface area contributed by atoms with E-state index in [0.29, 0.717) is 6.54 Å². The van der Waals surface area contributed by atoms with Crippen LogP contribution in [0.1, 0.15) is 37.8 Å². The van der Waals surface area contributed by atoms with Gasteiger partial charge in [0.2, 0.25) is 0 Å². The van der Waals surface area contributed by atoms with Crippen molar-refractivity contribution in [2.24, 2.45) is 0 Å². The summed E-state index contributed by atoms with van der Waals surface area (Å²) in [4.78, 5) is 36.6. The average Bonchev–Trinajstić information content (AvgIpc) is 3.74. The normalized spacial score (nSPS) is 19.4. The molecule has 3 aliphatic rings. The number of amides is 2. The molecule has 2 aliphatic heterocycles. The van der Waals surface area contributed by atoms with Crippen molar-refractivity contribution < 1.29 is 4.79 Å². The number of thiazole rings is 1. The monoisotopic (exact) mass is 528 g/mol. The molecule has 2 amide bonds. The third-order valence-electron chi connectivity index (χ3n) is 8.27. The maximum absolute atomic E-state index is 13.2. The van der Waals surface area contributed by atoms with Crippen molar-refractivity contribution in [1.82, 2.24) is 34.6 Å². The van der Waals surface area contributed by atoms with E-state index in [4.69, 9.17) is 0 Å². The third kappa shape index (κ3) is 4.52. The minimum atomic E-state index is 0.179. The van der Waals surface area contributed by atoms with E-state index in [9.17, 15) is 4.79 Å². The van der Waals surface area contributed by atoms with Gasteiger partial charge in [0, 0.05) is 56.7 Å². The number of carbonyl (C=O) groups excluding carboxylic acids is 1. The Morgan fingerprint density at radius 3 is 2.68 bits per heavy atom. The first kappa shape index (κ1) is 23.6. The van der Waals surface area contributed by atoms with Crippen molar-refractivity contribution in [2.45, 2.75) is 38.1 Å². The van der Waals surface area contributed by atoms with Crippen LogP contribution in [0.2, 0.25) is 0 Å². The van der Waals surface area contributed by atoms with Crippen LogP contribution in [0.25, 0.3) is 26.8 Å². The van der Waals surface area contributed by atoms with E-state index in [1.807, 2.05) is 27.4 Å². The molecule has 0 bridgehead atoms. The van der Waals surface area contributed by atoms with Gasteiger partial charge in [-0.05, 0) is 49.1 Å². The first-order valence-corrected chi connectivity index (χ1v) is 14.5. The first-order valence-electron chi connectivity index (χ1n) is 13.6. The molecule has 0 spiro atoms. The number of piperazine rings is 1. The first-order chi connectivity index (χ1) is 18.7. The third-order valence-corrected chi connectivity index (χ3v) is 9.06. The topological polar surface area (TPSA) is 93.3 Å². The standard InChI is InChI=1S/C28H32N8OS/c37-28(36-13-11-34(12-14-36)21-3-1-2-4-21)35-9-7-19(8-10-35)24-16-22-26(29-17-30-27(22)33-24)32-20-5-6-23-25(15-20)38-18-31-23/h5-7,15-18,21H,1-4,8-14H2,(H2,29,30,32,33). The second kappa shape index (κ2) is 9.99.